The number of carbonyl (C=O) groups is 1. The highest BCUT2D eigenvalue weighted by Crippen LogP contribution is 2.30. The molecule has 0 aliphatic carbocycles. The minimum Gasteiger partial charge on any atom is -0.493 e. The summed E-state index contributed by atoms with van der Waals surface area (Å²) in [5, 5.41) is 2.75. The highest BCUT2D eigenvalue weighted by atomic mass is 16.5. The Bertz CT molecular complexity index is 687. The molecule has 0 spiro atoms. The molecular weight excluding hydrogens is 310 g/mol. The largest absolute Gasteiger partial charge is 0.493 e. The van der Waals surface area contributed by atoms with Crippen LogP contribution in [-0.2, 0) is 4.79 Å². The Kier molecular flexibility index (Phi) is 6.31. The second kappa shape index (κ2) is 8.67. The van der Waals surface area contributed by atoms with Gasteiger partial charge in [0.1, 0.15) is 0 Å². The van der Waals surface area contributed by atoms with Gasteiger partial charge in [0.2, 0.25) is 0 Å². The molecule has 128 valence electrons. The molecule has 1 amide bonds. The zero-order valence-electron chi connectivity index (χ0n) is 14.0. The van der Waals surface area contributed by atoms with E-state index in [0.29, 0.717) is 35.3 Å². The maximum atomic E-state index is 12.0. The monoisotopic (exact) mass is 331 g/mol. The molecule has 6 nitrogen and oxygen atoms in total. The first-order valence-corrected chi connectivity index (χ1v) is 7.54. The number of amides is 1. The third-order valence-corrected chi connectivity index (χ3v) is 3.18. The van der Waals surface area contributed by atoms with Gasteiger partial charge in [-0.2, -0.15) is 0 Å². The predicted molar refractivity (Wildman–Crippen MR) is 91.3 cm³/mol. The second-order valence-electron chi connectivity index (χ2n) is 4.79. The molecule has 2 rings (SSSR count). The molecule has 0 aromatic heterocycles. The standard InChI is InChI=1S/C18H21NO5/c1-4-23-16-10-9-13(11-17(16)22-3)19-18(20)12-24-15-8-6-5-7-14(15)21-2/h5-11H,4,12H2,1-3H3,(H,19,20). The Morgan fingerprint density at radius 3 is 2.25 bits per heavy atom. The molecule has 2 aromatic carbocycles. The number of carbonyl (C=O) groups excluding carboxylic acids is 1. The molecule has 0 atom stereocenters. The lowest BCUT2D eigenvalue weighted by Crippen LogP contribution is -2.20. The number of hydrogen-bond donors (Lipinski definition) is 1. The first-order valence-electron chi connectivity index (χ1n) is 7.54. The summed E-state index contributed by atoms with van der Waals surface area (Å²) >= 11 is 0. The summed E-state index contributed by atoms with van der Waals surface area (Å²) in [6, 6.07) is 12.3. The van der Waals surface area contributed by atoms with Crippen molar-refractivity contribution in [2.24, 2.45) is 0 Å². The van der Waals surface area contributed by atoms with Crippen LogP contribution in [0.1, 0.15) is 6.92 Å². The lowest BCUT2D eigenvalue weighted by Gasteiger charge is -2.13. The van der Waals surface area contributed by atoms with Gasteiger partial charge in [0.05, 0.1) is 20.8 Å². The highest BCUT2D eigenvalue weighted by Gasteiger charge is 2.10. The van der Waals surface area contributed by atoms with E-state index in [1.165, 1.54) is 0 Å². The molecule has 0 saturated heterocycles. The Labute approximate surface area is 141 Å². The molecule has 0 aliphatic rings. The van der Waals surface area contributed by atoms with E-state index in [-0.39, 0.29) is 12.5 Å². The average Bonchev–Trinajstić information content (AvgIpc) is 2.61. The molecule has 0 heterocycles. The molecule has 24 heavy (non-hydrogen) atoms. The predicted octanol–water partition coefficient (Wildman–Crippen LogP) is 3.12. The molecule has 0 aliphatic heterocycles. The van der Waals surface area contributed by atoms with Crippen molar-refractivity contribution in [1.82, 2.24) is 0 Å². The molecular formula is C18H21NO5. The molecule has 6 heteroatoms. The number of rotatable bonds is 8. The van der Waals surface area contributed by atoms with Crippen LogP contribution in [0, 0.1) is 0 Å². The van der Waals surface area contributed by atoms with E-state index in [1.807, 2.05) is 19.1 Å². The Balaban J connectivity index is 1.97. The summed E-state index contributed by atoms with van der Waals surface area (Å²) in [5.74, 6) is 1.99. The van der Waals surface area contributed by atoms with Crippen molar-refractivity contribution >= 4 is 11.6 Å². The van der Waals surface area contributed by atoms with Crippen molar-refractivity contribution in [3.05, 3.63) is 42.5 Å². The van der Waals surface area contributed by atoms with E-state index in [4.69, 9.17) is 18.9 Å². The molecule has 2 aromatic rings. The van der Waals surface area contributed by atoms with E-state index in [9.17, 15) is 4.79 Å². The Hall–Kier alpha value is -2.89. The van der Waals surface area contributed by atoms with Gasteiger partial charge >= 0.3 is 0 Å². The summed E-state index contributed by atoms with van der Waals surface area (Å²) in [4.78, 5) is 12.0. The molecule has 0 radical (unpaired) electrons. The van der Waals surface area contributed by atoms with Gasteiger partial charge in [0.15, 0.2) is 29.6 Å². The van der Waals surface area contributed by atoms with Gasteiger partial charge in [-0.25, -0.2) is 0 Å². The number of hydrogen-bond acceptors (Lipinski definition) is 5. The van der Waals surface area contributed by atoms with E-state index in [0.717, 1.165) is 0 Å². The average molecular weight is 331 g/mol. The SMILES string of the molecule is CCOc1ccc(NC(=O)COc2ccccc2OC)cc1OC. The minimum atomic E-state index is -0.285. The van der Waals surface area contributed by atoms with Gasteiger partial charge in [0.25, 0.3) is 5.91 Å². The summed E-state index contributed by atoms with van der Waals surface area (Å²) in [7, 11) is 3.10. The second-order valence-corrected chi connectivity index (χ2v) is 4.79. The molecule has 0 bridgehead atoms. The van der Waals surface area contributed by atoms with E-state index < -0.39 is 0 Å². The number of para-hydroxylation sites is 2. The zero-order chi connectivity index (χ0) is 17.4. The molecule has 0 fully saturated rings. The smallest absolute Gasteiger partial charge is 0.262 e. The highest BCUT2D eigenvalue weighted by molar-refractivity contribution is 5.92. The quantitative estimate of drug-likeness (QED) is 0.805. The number of nitrogens with one attached hydrogen (secondary N) is 1. The van der Waals surface area contributed by atoms with Crippen molar-refractivity contribution in [1.29, 1.82) is 0 Å². The third-order valence-electron chi connectivity index (χ3n) is 3.18. The Morgan fingerprint density at radius 1 is 0.917 bits per heavy atom. The number of benzene rings is 2. The van der Waals surface area contributed by atoms with Gasteiger partial charge in [-0.1, -0.05) is 12.1 Å². The summed E-state index contributed by atoms with van der Waals surface area (Å²) in [6.45, 7) is 2.30. The van der Waals surface area contributed by atoms with Crippen LogP contribution >= 0.6 is 0 Å². The molecule has 1 N–H and O–H groups in total. The maximum absolute atomic E-state index is 12.0. The molecule has 0 unspecified atom stereocenters. The van der Waals surface area contributed by atoms with Crippen molar-refractivity contribution < 1.29 is 23.7 Å². The van der Waals surface area contributed by atoms with Crippen LogP contribution in [0.15, 0.2) is 42.5 Å². The topological polar surface area (TPSA) is 66.0 Å². The van der Waals surface area contributed by atoms with Gasteiger partial charge in [-0.15, -0.1) is 0 Å². The van der Waals surface area contributed by atoms with Crippen LogP contribution in [-0.4, -0.2) is 33.3 Å². The lowest BCUT2D eigenvalue weighted by molar-refractivity contribution is -0.118. The molecule has 0 saturated carbocycles. The van der Waals surface area contributed by atoms with E-state index >= 15 is 0 Å². The van der Waals surface area contributed by atoms with Crippen LogP contribution in [0.3, 0.4) is 0 Å². The Morgan fingerprint density at radius 2 is 1.58 bits per heavy atom. The summed E-state index contributed by atoms with van der Waals surface area (Å²) < 4.78 is 21.4. The van der Waals surface area contributed by atoms with Crippen molar-refractivity contribution in [2.75, 3.05) is 32.8 Å². The van der Waals surface area contributed by atoms with Crippen LogP contribution in [0.2, 0.25) is 0 Å². The fraction of sp³-hybridized carbons (Fsp3) is 0.278. The van der Waals surface area contributed by atoms with Gasteiger partial charge in [0, 0.05) is 11.8 Å². The summed E-state index contributed by atoms with van der Waals surface area (Å²) in [6.07, 6.45) is 0. The third kappa shape index (κ3) is 4.55. The lowest BCUT2D eigenvalue weighted by atomic mass is 10.2. The number of ether oxygens (including phenoxy) is 4. The zero-order valence-corrected chi connectivity index (χ0v) is 14.0. The van der Waals surface area contributed by atoms with Crippen molar-refractivity contribution in [2.45, 2.75) is 6.92 Å². The van der Waals surface area contributed by atoms with Gasteiger partial charge in [-0.3, -0.25) is 4.79 Å². The minimum absolute atomic E-state index is 0.129. The maximum Gasteiger partial charge on any atom is 0.262 e. The number of methoxy groups -OCH3 is 2. The first-order chi connectivity index (χ1) is 11.7. The van der Waals surface area contributed by atoms with Gasteiger partial charge in [-0.05, 0) is 31.2 Å². The fourth-order valence-corrected chi connectivity index (χ4v) is 2.10. The fourth-order valence-electron chi connectivity index (χ4n) is 2.10. The number of anilines is 1. The van der Waals surface area contributed by atoms with Crippen molar-refractivity contribution in [3.8, 4) is 23.0 Å². The van der Waals surface area contributed by atoms with Crippen LogP contribution < -0.4 is 24.3 Å². The van der Waals surface area contributed by atoms with E-state index in [1.54, 1.807) is 44.6 Å². The normalized spacial score (nSPS) is 9.96. The van der Waals surface area contributed by atoms with E-state index in [2.05, 4.69) is 5.32 Å². The van der Waals surface area contributed by atoms with Crippen LogP contribution in [0.5, 0.6) is 23.0 Å². The van der Waals surface area contributed by atoms with Crippen LogP contribution in [0.25, 0.3) is 0 Å². The first kappa shape index (κ1) is 17.5. The summed E-state index contributed by atoms with van der Waals surface area (Å²) in [5.41, 5.74) is 0.601. The van der Waals surface area contributed by atoms with Crippen molar-refractivity contribution in [3.63, 3.8) is 0 Å². The van der Waals surface area contributed by atoms with Crippen LogP contribution in [0.4, 0.5) is 5.69 Å². The van der Waals surface area contributed by atoms with Gasteiger partial charge < -0.3 is 24.3 Å².